The summed E-state index contributed by atoms with van der Waals surface area (Å²) >= 11 is 0. The van der Waals surface area contributed by atoms with Gasteiger partial charge in [-0.2, -0.15) is 0 Å². The molecule has 2 aromatic heterocycles. The van der Waals surface area contributed by atoms with E-state index in [1.54, 1.807) is 4.57 Å². The van der Waals surface area contributed by atoms with E-state index in [4.69, 9.17) is 5.73 Å². The fraction of sp³-hybridized carbons (Fsp3) is 0.238. The van der Waals surface area contributed by atoms with Gasteiger partial charge in [0.2, 0.25) is 11.7 Å². The van der Waals surface area contributed by atoms with E-state index >= 15 is 0 Å². The summed E-state index contributed by atoms with van der Waals surface area (Å²) in [6.07, 6.45) is 2.30. The zero-order chi connectivity index (χ0) is 20.6. The molecule has 29 heavy (non-hydrogen) atoms. The molecule has 0 spiro atoms. The maximum atomic E-state index is 12.1. The average Bonchev–Trinajstić information content (AvgIpc) is 3.29. The average molecular weight is 389 g/mol. The number of nitrogens with two attached hydrogens (primary N) is 1. The van der Waals surface area contributed by atoms with Crippen molar-refractivity contribution in [1.29, 1.82) is 0 Å². The van der Waals surface area contributed by atoms with Gasteiger partial charge in [0.1, 0.15) is 11.1 Å². The maximum absolute atomic E-state index is 12.1. The zero-order valence-corrected chi connectivity index (χ0v) is 15.8. The number of carbonyl (C=O) groups is 2. The van der Waals surface area contributed by atoms with E-state index < -0.39 is 11.3 Å². The Morgan fingerprint density at radius 2 is 2.21 bits per heavy atom. The van der Waals surface area contributed by atoms with Crippen molar-refractivity contribution >= 4 is 22.8 Å². The number of aliphatic hydroxyl groups is 1. The molecule has 0 aliphatic carbocycles. The van der Waals surface area contributed by atoms with Gasteiger partial charge in [0.25, 0.3) is 5.91 Å². The van der Waals surface area contributed by atoms with Crippen molar-refractivity contribution in [3.05, 3.63) is 47.9 Å². The number of primary amides is 1. The van der Waals surface area contributed by atoms with Gasteiger partial charge in [-0.15, -0.1) is 0 Å². The first-order valence-electron chi connectivity index (χ1n) is 9.09. The van der Waals surface area contributed by atoms with Crippen molar-refractivity contribution in [2.45, 2.75) is 6.42 Å². The van der Waals surface area contributed by atoms with Crippen LogP contribution in [0.1, 0.15) is 22.6 Å². The molecule has 4 rings (SSSR count). The van der Waals surface area contributed by atoms with Crippen molar-refractivity contribution < 1.29 is 14.7 Å². The number of aryl methyl sites for hydroxylation is 1. The lowest BCUT2D eigenvalue weighted by atomic mass is 9.88. The second-order valence-corrected chi connectivity index (χ2v) is 7.00. The van der Waals surface area contributed by atoms with Crippen LogP contribution >= 0.6 is 0 Å². The van der Waals surface area contributed by atoms with E-state index in [1.807, 2.05) is 43.6 Å². The smallest absolute Gasteiger partial charge is 0.286 e. The third-order valence-electron chi connectivity index (χ3n) is 5.07. The molecule has 3 heterocycles. The van der Waals surface area contributed by atoms with E-state index in [-0.39, 0.29) is 18.3 Å². The highest BCUT2D eigenvalue weighted by molar-refractivity contribution is 5.96. The van der Waals surface area contributed by atoms with Gasteiger partial charge < -0.3 is 20.7 Å². The molecule has 4 N–H and O–H groups in total. The molecule has 0 unspecified atom stereocenters. The van der Waals surface area contributed by atoms with Crippen molar-refractivity contribution in [3.8, 4) is 23.1 Å². The summed E-state index contributed by atoms with van der Waals surface area (Å²) in [6, 6.07) is 9.18. The monoisotopic (exact) mass is 389 g/mol. The molecule has 8 heteroatoms. The minimum atomic E-state index is -1.07. The highest BCUT2D eigenvalue weighted by atomic mass is 16.3. The van der Waals surface area contributed by atoms with Crippen LogP contribution in [0, 0.1) is 17.3 Å². The van der Waals surface area contributed by atoms with Crippen LogP contribution in [-0.4, -0.2) is 44.6 Å². The van der Waals surface area contributed by atoms with E-state index in [2.05, 4.69) is 27.1 Å². The summed E-state index contributed by atoms with van der Waals surface area (Å²) in [6.45, 7) is 0.168. The second kappa shape index (κ2) is 7.04. The Morgan fingerprint density at radius 1 is 1.38 bits per heavy atom. The Bertz CT molecular complexity index is 1200. The number of nitrogens with zero attached hydrogens (tertiary/aromatic N) is 3. The predicted molar refractivity (Wildman–Crippen MR) is 106 cm³/mol. The molecule has 1 aliphatic heterocycles. The molecule has 1 fully saturated rings. The molecule has 1 aromatic carbocycles. The summed E-state index contributed by atoms with van der Waals surface area (Å²) in [7, 11) is 1.83. The first-order chi connectivity index (χ1) is 13.9. The summed E-state index contributed by atoms with van der Waals surface area (Å²) in [4.78, 5) is 32.3. The number of aromatic nitrogens is 3. The Balaban J connectivity index is 1.80. The molecule has 0 bridgehead atoms. The number of amides is 2. The number of benzene rings is 1. The number of nitrogens with one attached hydrogen (secondary N) is 1. The van der Waals surface area contributed by atoms with E-state index in [0.717, 1.165) is 10.9 Å². The molecule has 8 nitrogen and oxygen atoms in total. The fourth-order valence-corrected chi connectivity index (χ4v) is 3.38. The van der Waals surface area contributed by atoms with Crippen LogP contribution in [0.4, 0.5) is 0 Å². The molecular weight excluding hydrogens is 370 g/mol. The lowest BCUT2D eigenvalue weighted by Gasteiger charge is -2.15. The van der Waals surface area contributed by atoms with Crippen LogP contribution in [-0.2, 0) is 11.8 Å². The summed E-state index contributed by atoms with van der Waals surface area (Å²) in [5.74, 6) is 4.91. The van der Waals surface area contributed by atoms with Crippen molar-refractivity contribution in [3.63, 3.8) is 0 Å². The molecule has 1 atom stereocenters. The minimum absolute atomic E-state index is 0.0624. The second-order valence-electron chi connectivity index (χ2n) is 7.00. The highest BCUT2D eigenvalue weighted by Gasteiger charge is 2.40. The lowest BCUT2D eigenvalue weighted by Crippen LogP contribution is -2.33. The minimum Gasteiger partial charge on any atom is -0.394 e. The van der Waals surface area contributed by atoms with Gasteiger partial charge in [-0.1, -0.05) is 24.0 Å². The van der Waals surface area contributed by atoms with Crippen molar-refractivity contribution in [2.24, 2.45) is 18.2 Å². The molecule has 146 valence electrons. The fourth-order valence-electron chi connectivity index (χ4n) is 3.38. The Kier molecular flexibility index (Phi) is 4.53. The Labute approximate surface area is 166 Å². The zero-order valence-electron chi connectivity index (χ0n) is 15.8. The standard InChI is InChI=1S/C21H19N5O3/c1-26-10-6-15-16(24-18(17(22)28)25-19(15)26)14-4-2-3-13(11-14)5-7-21(12-27)8-9-23-20(21)29/h2-4,6,10-11,27H,8-9,12H2,1H3,(H2,22,28)(H,23,29)/t21-/m0/s1. The van der Waals surface area contributed by atoms with Gasteiger partial charge in [-0.25, -0.2) is 9.97 Å². The Hall–Kier alpha value is -3.70. The quantitative estimate of drug-likeness (QED) is 0.566. The number of hydrogen-bond donors (Lipinski definition) is 3. The molecular formula is C21H19N5O3. The molecule has 0 saturated carbocycles. The summed E-state index contributed by atoms with van der Waals surface area (Å²) in [5, 5.41) is 13.2. The molecule has 3 aromatic rings. The van der Waals surface area contributed by atoms with Crippen LogP contribution in [0.25, 0.3) is 22.3 Å². The predicted octanol–water partition coefficient (Wildman–Crippen LogP) is 0.584. The van der Waals surface area contributed by atoms with Gasteiger partial charge in [0.05, 0.1) is 12.3 Å². The SMILES string of the molecule is Cn1ccc2c(-c3cccc(C#C[C@@]4(CO)CCNC4=O)c3)nc(C(N)=O)nc21. The number of carbonyl (C=O) groups excluding carboxylic acids is 2. The molecule has 1 aliphatic rings. The van der Waals surface area contributed by atoms with Crippen molar-refractivity contribution in [1.82, 2.24) is 19.9 Å². The first kappa shape index (κ1) is 18.7. The third kappa shape index (κ3) is 3.22. The summed E-state index contributed by atoms with van der Waals surface area (Å²) in [5.41, 5.74) is 6.91. The number of fused-ring (bicyclic) bond motifs is 1. The van der Waals surface area contributed by atoms with Gasteiger partial charge >= 0.3 is 0 Å². The lowest BCUT2D eigenvalue weighted by molar-refractivity contribution is -0.126. The van der Waals surface area contributed by atoms with Gasteiger partial charge in [-0.3, -0.25) is 9.59 Å². The van der Waals surface area contributed by atoms with Crippen LogP contribution in [0.3, 0.4) is 0 Å². The van der Waals surface area contributed by atoms with Crippen molar-refractivity contribution in [2.75, 3.05) is 13.2 Å². The first-order valence-corrected chi connectivity index (χ1v) is 9.09. The molecule has 0 radical (unpaired) electrons. The maximum Gasteiger partial charge on any atom is 0.286 e. The van der Waals surface area contributed by atoms with E-state index in [9.17, 15) is 14.7 Å². The summed E-state index contributed by atoms with van der Waals surface area (Å²) < 4.78 is 1.79. The third-order valence-corrected chi connectivity index (χ3v) is 5.07. The van der Waals surface area contributed by atoms with E-state index in [0.29, 0.717) is 29.9 Å². The topological polar surface area (TPSA) is 123 Å². The number of aliphatic hydroxyl groups excluding tert-OH is 1. The highest BCUT2D eigenvalue weighted by Crippen LogP contribution is 2.28. The number of rotatable bonds is 3. The number of hydrogen-bond acceptors (Lipinski definition) is 5. The van der Waals surface area contributed by atoms with Gasteiger partial charge in [0.15, 0.2) is 0 Å². The normalized spacial score (nSPS) is 18.3. The largest absolute Gasteiger partial charge is 0.394 e. The van der Waals surface area contributed by atoms with E-state index in [1.165, 1.54) is 0 Å². The Morgan fingerprint density at radius 3 is 2.90 bits per heavy atom. The van der Waals surface area contributed by atoms with Crippen LogP contribution in [0.15, 0.2) is 36.5 Å². The van der Waals surface area contributed by atoms with Crippen LogP contribution in [0.5, 0.6) is 0 Å². The van der Waals surface area contributed by atoms with Crippen LogP contribution in [0.2, 0.25) is 0 Å². The van der Waals surface area contributed by atoms with Crippen LogP contribution < -0.4 is 11.1 Å². The molecule has 1 saturated heterocycles. The van der Waals surface area contributed by atoms with Gasteiger partial charge in [-0.05, 0) is 24.6 Å². The van der Waals surface area contributed by atoms with Gasteiger partial charge in [0, 0.05) is 36.3 Å². The molecule has 2 amide bonds.